The Balaban J connectivity index is 1.58. The molecule has 0 aliphatic heterocycles. The van der Waals surface area contributed by atoms with Crippen molar-refractivity contribution >= 4 is 22.5 Å². The third kappa shape index (κ3) is 7.26. The molecule has 0 atom stereocenters. The number of nitrogens with one attached hydrogen (secondary N) is 2. The van der Waals surface area contributed by atoms with Crippen molar-refractivity contribution in [3.8, 4) is 0 Å². The highest BCUT2D eigenvalue weighted by molar-refractivity contribution is 7.15. The molecular formula is C16H28N4O2S. The zero-order chi connectivity index (χ0) is 16.5. The normalized spacial score (nSPS) is 15.3. The number of carbonyl (C=O) groups excluding carboxylic acids is 1. The molecule has 23 heavy (non-hydrogen) atoms. The zero-order valence-electron chi connectivity index (χ0n) is 14.1. The van der Waals surface area contributed by atoms with Crippen molar-refractivity contribution in [1.29, 1.82) is 0 Å². The van der Waals surface area contributed by atoms with Crippen LogP contribution in [0.4, 0.5) is 9.93 Å². The molecule has 1 aromatic heterocycles. The molecule has 7 heteroatoms. The molecule has 1 aliphatic carbocycles. The number of anilines is 1. The number of ether oxygens (including phenoxy) is 1. The van der Waals surface area contributed by atoms with Crippen molar-refractivity contribution in [3.63, 3.8) is 0 Å². The standard InChI is InChI=1S/C16H28N4O2S/c1-12(2)7-9-22-10-8-17-15(21)18-16-20-19-14(23-16)11-13-5-3-4-6-13/h12-13H,3-11H2,1-2H3,(H2,17,18,20,21). The quantitative estimate of drug-likeness (QED) is 0.675. The van der Waals surface area contributed by atoms with Crippen molar-refractivity contribution in [2.75, 3.05) is 25.1 Å². The predicted octanol–water partition coefficient (Wildman–Crippen LogP) is 3.46. The Hall–Kier alpha value is -1.21. The second-order valence-corrected chi connectivity index (χ2v) is 7.59. The van der Waals surface area contributed by atoms with E-state index in [9.17, 15) is 4.79 Å². The summed E-state index contributed by atoms with van der Waals surface area (Å²) in [7, 11) is 0. The fourth-order valence-electron chi connectivity index (χ4n) is 2.65. The van der Waals surface area contributed by atoms with Gasteiger partial charge in [-0.1, -0.05) is 50.9 Å². The van der Waals surface area contributed by atoms with Gasteiger partial charge in [0.05, 0.1) is 6.61 Å². The number of hydrogen-bond donors (Lipinski definition) is 2. The summed E-state index contributed by atoms with van der Waals surface area (Å²) in [4.78, 5) is 11.8. The van der Waals surface area contributed by atoms with Gasteiger partial charge < -0.3 is 10.1 Å². The van der Waals surface area contributed by atoms with E-state index in [-0.39, 0.29) is 6.03 Å². The maximum Gasteiger partial charge on any atom is 0.321 e. The molecule has 130 valence electrons. The molecule has 2 N–H and O–H groups in total. The molecule has 0 radical (unpaired) electrons. The van der Waals surface area contributed by atoms with Gasteiger partial charge in [0.15, 0.2) is 0 Å². The molecule has 1 heterocycles. The van der Waals surface area contributed by atoms with Gasteiger partial charge in [-0.15, -0.1) is 10.2 Å². The summed E-state index contributed by atoms with van der Waals surface area (Å²) in [6, 6.07) is -0.249. The molecule has 2 rings (SSSR count). The van der Waals surface area contributed by atoms with Crippen molar-refractivity contribution in [3.05, 3.63) is 5.01 Å². The Morgan fingerprint density at radius 2 is 2.09 bits per heavy atom. The topological polar surface area (TPSA) is 76.1 Å². The van der Waals surface area contributed by atoms with E-state index in [4.69, 9.17) is 4.74 Å². The highest BCUT2D eigenvalue weighted by atomic mass is 32.1. The smallest absolute Gasteiger partial charge is 0.321 e. The van der Waals surface area contributed by atoms with Crippen molar-refractivity contribution in [1.82, 2.24) is 15.5 Å². The van der Waals surface area contributed by atoms with Gasteiger partial charge in [-0.2, -0.15) is 0 Å². The number of rotatable bonds is 9. The molecule has 0 spiro atoms. The second-order valence-electron chi connectivity index (χ2n) is 6.53. The SMILES string of the molecule is CC(C)CCOCCNC(=O)Nc1nnc(CC2CCCC2)s1. The Labute approximate surface area is 142 Å². The molecular weight excluding hydrogens is 312 g/mol. The van der Waals surface area contributed by atoms with Crippen LogP contribution < -0.4 is 10.6 Å². The van der Waals surface area contributed by atoms with Gasteiger partial charge in [0.25, 0.3) is 0 Å². The van der Waals surface area contributed by atoms with Gasteiger partial charge in [-0.05, 0) is 18.3 Å². The molecule has 0 aromatic carbocycles. The Bertz CT molecular complexity index is 472. The molecule has 1 saturated carbocycles. The van der Waals surface area contributed by atoms with E-state index in [0.717, 1.165) is 30.4 Å². The first-order valence-electron chi connectivity index (χ1n) is 8.58. The van der Waals surface area contributed by atoms with Crippen molar-refractivity contribution in [2.24, 2.45) is 11.8 Å². The summed E-state index contributed by atoms with van der Waals surface area (Å²) in [5.74, 6) is 1.38. The summed E-state index contributed by atoms with van der Waals surface area (Å²) >= 11 is 1.47. The zero-order valence-corrected chi connectivity index (χ0v) is 15.0. The highest BCUT2D eigenvalue weighted by Crippen LogP contribution is 2.29. The lowest BCUT2D eigenvalue weighted by atomic mass is 10.1. The lowest BCUT2D eigenvalue weighted by Gasteiger charge is -2.07. The van der Waals surface area contributed by atoms with Crippen LogP contribution in [0.5, 0.6) is 0 Å². The molecule has 0 saturated heterocycles. The van der Waals surface area contributed by atoms with Crippen LogP contribution in [0.2, 0.25) is 0 Å². The van der Waals surface area contributed by atoms with Crippen LogP contribution in [0.3, 0.4) is 0 Å². The maximum absolute atomic E-state index is 11.8. The van der Waals surface area contributed by atoms with Gasteiger partial charge in [0.2, 0.25) is 5.13 Å². The third-order valence-corrected chi connectivity index (χ3v) is 4.86. The first kappa shape index (κ1) is 18.1. The number of carbonyl (C=O) groups is 1. The first-order chi connectivity index (χ1) is 11.1. The molecule has 6 nitrogen and oxygen atoms in total. The van der Waals surface area contributed by atoms with Gasteiger partial charge in [-0.25, -0.2) is 4.79 Å². The van der Waals surface area contributed by atoms with Crippen LogP contribution in [0.15, 0.2) is 0 Å². The summed E-state index contributed by atoms with van der Waals surface area (Å²) in [6.45, 7) is 6.10. The minimum atomic E-state index is -0.249. The highest BCUT2D eigenvalue weighted by Gasteiger charge is 2.18. The van der Waals surface area contributed by atoms with E-state index in [1.807, 2.05) is 0 Å². The number of urea groups is 1. The van der Waals surface area contributed by atoms with Gasteiger partial charge in [0.1, 0.15) is 5.01 Å². The summed E-state index contributed by atoms with van der Waals surface area (Å²) in [5, 5.41) is 15.3. The van der Waals surface area contributed by atoms with Gasteiger partial charge >= 0.3 is 6.03 Å². The average molecular weight is 340 g/mol. The van der Waals surface area contributed by atoms with E-state index < -0.39 is 0 Å². The maximum atomic E-state index is 11.8. The van der Waals surface area contributed by atoms with E-state index in [1.165, 1.54) is 37.0 Å². The van der Waals surface area contributed by atoms with Gasteiger partial charge in [-0.3, -0.25) is 5.32 Å². The van der Waals surface area contributed by atoms with Crippen LogP contribution in [0.1, 0.15) is 51.0 Å². The van der Waals surface area contributed by atoms with Crippen LogP contribution >= 0.6 is 11.3 Å². The van der Waals surface area contributed by atoms with E-state index >= 15 is 0 Å². The monoisotopic (exact) mass is 340 g/mol. The number of aromatic nitrogens is 2. The van der Waals surface area contributed by atoms with Crippen molar-refractivity contribution in [2.45, 2.75) is 52.4 Å². The molecule has 1 aromatic rings. The van der Waals surface area contributed by atoms with E-state index in [1.54, 1.807) is 0 Å². The van der Waals surface area contributed by atoms with E-state index in [0.29, 0.717) is 24.2 Å². The van der Waals surface area contributed by atoms with Crippen LogP contribution in [0, 0.1) is 11.8 Å². The fourth-order valence-corrected chi connectivity index (χ4v) is 3.50. The first-order valence-corrected chi connectivity index (χ1v) is 9.40. The minimum Gasteiger partial charge on any atom is -0.380 e. The molecule has 2 amide bonds. The fraction of sp³-hybridized carbons (Fsp3) is 0.812. The number of hydrogen-bond acceptors (Lipinski definition) is 5. The average Bonchev–Trinajstić information content (AvgIpc) is 3.15. The Kier molecular flexibility index (Phi) is 7.74. The lowest BCUT2D eigenvalue weighted by molar-refractivity contribution is 0.126. The molecule has 0 bridgehead atoms. The third-order valence-electron chi connectivity index (χ3n) is 4.00. The molecule has 0 unspecified atom stereocenters. The predicted molar refractivity (Wildman–Crippen MR) is 92.9 cm³/mol. The van der Waals surface area contributed by atoms with Crippen LogP contribution in [-0.4, -0.2) is 36.0 Å². The lowest BCUT2D eigenvalue weighted by Crippen LogP contribution is -2.31. The molecule has 1 aliphatic rings. The number of nitrogens with zero attached hydrogens (tertiary/aromatic N) is 2. The van der Waals surface area contributed by atoms with Crippen LogP contribution in [-0.2, 0) is 11.2 Å². The minimum absolute atomic E-state index is 0.249. The summed E-state index contributed by atoms with van der Waals surface area (Å²) < 4.78 is 5.46. The molecule has 1 fully saturated rings. The Morgan fingerprint density at radius 1 is 1.30 bits per heavy atom. The Morgan fingerprint density at radius 3 is 2.83 bits per heavy atom. The van der Waals surface area contributed by atoms with Gasteiger partial charge in [0, 0.05) is 19.6 Å². The van der Waals surface area contributed by atoms with Crippen LogP contribution in [0.25, 0.3) is 0 Å². The largest absolute Gasteiger partial charge is 0.380 e. The van der Waals surface area contributed by atoms with Crippen molar-refractivity contribution < 1.29 is 9.53 Å². The van der Waals surface area contributed by atoms with E-state index in [2.05, 4.69) is 34.7 Å². The number of amides is 2. The summed E-state index contributed by atoms with van der Waals surface area (Å²) in [6.07, 6.45) is 7.27. The summed E-state index contributed by atoms with van der Waals surface area (Å²) in [5.41, 5.74) is 0. The second kappa shape index (κ2) is 9.82.